The number of rotatable bonds is 9. The second-order valence-electron chi connectivity index (χ2n) is 13.3. The van der Waals surface area contributed by atoms with Crippen molar-refractivity contribution in [2.24, 2.45) is 11.8 Å². The first kappa shape index (κ1) is 34.1. The van der Waals surface area contributed by atoms with Gasteiger partial charge < -0.3 is 10.1 Å². The van der Waals surface area contributed by atoms with Gasteiger partial charge in [-0.2, -0.15) is 13.2 Å². The number of benzene rings is 2. The van der Waals surface area contributed by atoms with Gasteiger partial charge >= 0.3 is 6.18 Å². The Morgan fingerprint density at radius 3 is 2.47 bits per heavy atom. The van der Waals surface area contributed by atoms with Crippen LogP contribution in [0.2, 0.25) is 0 Å². The molecule has 45 heavy (non-hydrogen) atoms. The fourth-order valence-corrected chi connectivity index (χ4v) is 7.75. The van der Waals surface area contributed by atoms with E-state index >= 15 is 0 Å². The monoisotopic (exact) mass is 651 g/mol. The lowest BCUT2D eigenvalue weighted by Crippen LogP contribution is -2.48. The Hall–Kier alpha value is -2.20. The highest BCUT2D eigenvalue weighted by Crippen LogP contribution is 2.38. The van der Waals surface area contributed by atoms with Crippen LogP contribution >= 0.6 is 11.6 Å². The Kier molecular flexibility index (Phi) is 11.5. The number of carbonyl (C=O) groups is 1. The first-order chi connectivity index (χ1) is 21.5. The molecule has 1 aliphatic carbocycles. The smallest absolute Gasteiger partial charge is 0.361 e. The molecular weight excluding hydrogens is 606 g/mol. The highest BCUT2D eigenvalue weighted by Gasteiger charge is 2.45. The van der Waals surface area contributed by atoms with Crippen molar-refractivity contribution in [1.29, 1.82) is 0 Å². The molecule has 0 aromatic heterocycles. The number of carbonyl (C=O) groups excluding carboxylic acids is 1. The molecule has 0 bridgehead atoms. The second kappa shape index (κ2) is 15.1. The summed E-state index contributed by atoms with van der Waals surface area (Å²) in [6, 6.07) is 10.9. The van der Waals surface area contributed by atoms with Gasteiger partial charge in [-0.3, -0.25) is 14.6 Å². The van der Waals surface area contributed by atoms with Crippen LogP contribution in [0.25, 0.3) is 0 Å². The van der Waals surface area contributed by atoms with E-state index in [1.54, 1.807) is 6.07 Å². The Bertz CT molecular complexity index is 1260. The number of hydrogen-bond acceptors (Lipinski definition) is 4. The maximum absolute atomic E-state index is 14.5. The van der Waals surface area contributed by atoms with Gasteiger partial charge in [0.1, 0.15) is 11.9 Å². The van der Waals surface area contributed by atoms with Gasteiger partial charge in [0, 0.05) is 36.1 Å². The predicted octanol–water partition coefficient (Wildman–Crippen LogP) is 7.89. The molecule has 10 heteroatoms. The summed E-state index contributed by atoms with van der Waals surface area (Å²) in [6.07, 6.45) is 1.65. The molecule has 5 rings (SSSR count). The van der Waals surface area contributed by atoms with E-state index in [1.165, 1.54) is 11.0 Å². The van der Waals surface area contributed by atoms with Crippen molar-refractivity contribution in [3.8, 4) is 0 Å². The van der Waals surface area contributed by atoms with Gasteiger partial charge in [0.15, 0.2) is 0 Å². The highest BCUT2D eigenvalue weighted by molar-refractivity contribution is 6.20. The molecule has 0 radical (unpaired) electrons. The van der Waals surface area contributed by atoms with Gasteiger partial charge in [-0.05, 0) is 87.1 Å². The molecule has 4 unspecified atom stereocenters. The van der Waals surface area contributed by atoms with E-state index in [4.69, 9.17) is 16.3 Å². The van der Waals surface area contributed by atoms with Crippen molar-refractivity contribution in [3.63, 3.8) is 0 Å². The molecule has 3 aliphatic rings. The van der Waals surface area contributed by atoms with Crippen LogP contribution in [0.4, 0.5) is 17.6 Å². The van der Waals surface area contributed by atoms with Crippen molar-refractivity contribution in [2.75, 3.05) is 19.8 Å². The Morgan fingerprint density at radius 1 is 1.00 bits per heavy atom. The number of piperidine rings is 1. The average Bonchev–Trinajstić information content (AvgIpc) is 3.41. The highest BCUT2D eigenvalue weighted by atomic mass is 35.5. The average molecular weight is 652 g/mol. The molecule has 3 fully saturated rings. The van der Waals surface area contributed by atoms with Crippen molar-refractivity contribution in [3.05, 3.63) is 70.5 Å². The van der Waals surface area contributed by atoms with Gasteiger partial charge in [-0.15, -0.1) is 11.6 Å². The third-order valence-corrected chi connectivity index (χ3v) is 10.7. The van der Waals surface area contributed by atoms with Crippen molar-refractivity contribution >= 4 is 17.5 Å². The lowest BCUT2D eigenvalue weighted by molar-refractivity contribution is -0.177. The normalized spacial score (nSPS) is 28.6. The number of hydrogen-bond donors (Lipinski definition) is 1. The zero-order valence-corrected chi connectivity index (χ0v) is 27.1. The summed E-state index contributed by atoms with van der Waals surface area (Å²) in [6.45, 7) is 5.71. The second-order valence-corrected chi connectivity index (χ2v) is 13.9. The van der Waals surface area contributed by atoms with Crippen LogP contribution in [-0.2, 0) is 22.7 Å². The van der Waals surface area contributed by atoms with Crippen LogP contribution in [0, 0.1) is 24.6 Å². The van der Waals surface area contributed by atoms with Crippen LogP contribution in [0.3, 0.4) is 0 Å². The minimum atomic E-state index is -4.24. The number of nitrogens with one attached hydrogen (secondary N) is 1. The topological polar surface area (TPSA) is 44.8 Å². The SMILES string of the molecule is Cc1cccc(F)c1COCN1CCC[C@H](C(=O)NC2CCCC(C)C(Cl)C2)[C@@H]1c1ccc(CN2CCCC2C(F)(F)F)cc1. The van der Waals surface area contributed by atoms with Crippen molar-refractivity contribution < 1.29 is 27.1 Å². The summed E-state index contributed by atoms with van der Waals surface area (Å²) in [4.78, 5) is 17.6. The summed E-state index contributed by atoms with van der Waals surface area (Å²) < 4.78 is 61.2. The molecule has 1 N–H and O–H groups in total. The summed E-state index contributed by atoms with van der Waals surface area (Å²) in [5.74, 6) is -0.246. The summed E-state index contributed by atoms with van der Waals surface area (Å²) in [7, 11) is 0. The standard InChI is InChI=1S/C35H46ClF4N3O2/c1-23-7-4-11-31(37)29(23)21-45-22-43-18-5-10-28(34(44)41-27-9-3-8-24(2)30(36)19-27)33(43)26-15-13-25(14-16-26)20-42-17-6-12-32(42)35(38,39)40/h4,7,11,13-16,24,27-28,30,32-33H,3,5-6,8-10,12,17-22H2,1-2H3,(H,41,44)/t24?,27?,28-,30?,32?,33-/m0/s1. The summed E-state index contributed by atoms with van der Waals surface area (Å²) in [5, 5.41) is 3.34. The molecule has 2 heterocycles. The number of halogens is 5. The molecule has 0 spiro atoms. The molecule has 248 valence electrons. The number of ether oxygens (including phenoxy) is 1. The van der Waals surface area contributed by atoms with Crippen LogP contribution in [0.15, 0.2) is 42.5 Å². The molecule has 5 nitrogen and oxygen atoms in total. The number of likely N-dealkylation sites (tertiary alicyclic amines) is 2. The van der Waals surface area contributed by atoms with E-state index in [9.17, 15) is 22.4 Å². The van der Waals surface area contributed by atoms with Gasteiger partial charge in [0.05, 0.1) is 19.3 Å². The van der Waals surface area contributed by atoms with E-state index in [0.717, 1.165) is 48.8 Å². The molecule has 2 aliphatic heterocycles. The van der Waals surface area contributed by atoms with E-state index < -0.39 is 12.2 Å². The Labute approximate surface area is 269 Å². The van der Waals surface area contributed by atoms with Crippen molar-refractivity contribution in [2.45, 2.75) is 108 Å². The molecule has 2 saturated heterocycles. The zero-order chi connectivity index (χ0) is 32.1. The fraction of sp³-hybridized carbons (Fsp3) is 0.629. The minimum absolute atomic E-state index is 0.00719. The van der Waals surface area contributed by atoms with E-state index in [-0.39, 0.29) is 61.4 Å². The van der Waals surface area contributed by atoms with Crippen LogP contribution in [-0.4, -0.2) is 59.2 Å². The number of alkyl halides is 4. The fourth-order valence-electron chi connectivity index (χ4n) is 7.41. The van der Waals surface area contributed by atoms with E-state index in [2.05, 4.69) is 17.1 Å². The molecule has 6 atom stereocenters. The number of aryl methyl sites for hydroxylation is 1. The quantitative estimate of drug-likeness (QED) is 0.170. The van der Waals surface area contributed by atoms with Crippen LogP contribution in [0.1, 0.15) is 86.6 Å². The van der Waals surface area contributed by atoms with Gasteiger partial charge in [0.2, 0.25) is 5.91 Å². The minimum Gasteiger partial charge on any atom is -0.361 e. The maximum atomic E-state index is 14.5. The predicted molar refractivity (Wildman–Crippen MR) is 168 cm³/mol. The Morgan fingerprint density at radius 2 is 1.73 bits per heavy atom. The van der Waals surface area contributed by atoms with E-state index in [0.29, 0.717) is 37.4 Å². The first-order valence-corrected chi connectivity index (χ1v) is 16.8. The Balaban J connectivity index is 1.33. The van der Waals surface area contributed by atoms with Gasteiger partial charge in [-0.1, -0.05) is 49.7 Å². The molecular formula is C35H46ClF4N3O2. The molecule has 1 amide bonds. The van der Waals surface area contributed by atoms with Crippen LogP contribution in [0.5, 0.6) is 0 Å². The summed E-state index contributed by atoms with van der Waals surface area (Å²) in [5.41, 5.74) is 3.06. The van der Waals surface area contributed by atoms with E-state index in [1.807, 2.05) is 37.3 Å². The molecule has 2 aromatic rings. The maximum Gasteiger partial charge on any atom is 0.404 e. The molecule has 2 aromatic carbocycles. The van der Waals surface area contributed by atoms with Gasteiger partial charge in [0.25, 0.3) is 0 Å². The number of amides is 1. The zero-order valence-electron chi connectivity index (χ0n) is 26.3. The lowest BCUT2D eigenvalue weighted by Gasteiger charge is -2.41. The van der Waals surface area contributed by atoms with Crippen molar-refractivity contribution in [1.82, 2.24) is 15.1 Å². The largest absolute Gasteiger partial charge is 0.404 e. The number of nitrogens with zero attached hydrogens (tertiary/aromatic N) is 2. The lowest BCUT2D eigenvalue weighted by atomic mass is 9.83. The van der Waals surface area contributed by atoms with Gasteiger partial charge in [-0.25, -0.2) is 4.39 Å². The van der Waals surface area contributed by atoms with Crippen LogP contribution < -0.4 is 5.32 Å². The molecule has 1 saturated carbocycles. The third-order valence-electron chi connectivity index (χ3n) is 10.1. The third kappa shape index (κ3) is 8.59. The first-order valence-electron chi connectivity index (χ1n) is 16.4. The summed E-state index contributed by atoms with van der Waals surface area (Å²) >= 11 is 6.65.